The number of rotatable bonds is 2. The summed E-state index contributed by atoms with van der Waals surface area (Å²) in [5.74, 6) is 0. The zero-order chi connectivity index (χ0) is 6.78. The summed E-state index contributed by atoms with van der Waals surface area (Å²) in [4.78, 5) is 15.5. The van der Waals surface area contributed by atoms with E-state index < -0.39 is 19.0 Å². The summed E-state index contributed by atoms with van der Waals surface area (Å²) < 4.78 is 29.7. The molecule has 0 aromatic carbocycles. The van der Waals surface area contributed by atoms with Crippen LogP contribution in [0.5, 0.6) is 0 Å². The molecule has 0 bridgehead atoms. The van der Waals surface area contributed by atoms with Gasteiger partial charge >= 0.3 is 19.0 Å². The molecule has 8 heteroatoms. The smallest absolute Gasteiger partial charge is 0.327 e. The molecule has 3 N–H and O–H groups in total. The van der Waals surface area contributed by atoms with Gasteiger partial charge in [-0.25, -0.2) is 0 Å². The number of hydrogen-bond acceptors (Lipinski definition) is 5. The molecule has 0 amide bonds. The molecule has 0 fully saturated rings. The van der Waals surface area contributed by atoms with E-state index in [1.165, 1.54) is 0 Å². The summed E-state index contributed by atoms with van der Waals surface area (Å²) in [6.07, 6.45) is 0. The van der Waals surface area contributed by atoms with Gasteiger partial charge in [0.15, 0.2) is 0 Å². The fraction of sp³-hybridized carbons (Fsp3) is 0. The van der Waals surface area contributed by atoms with Crippen LogP contribution in [0.25, 0.3) is 0 Å². The fourth-order valence-corrected chi connectivity index (χ4v) is 0.758. The van der Waals surface area contributed by atoms with Crippen molar-refractivity contribution >= 4 is 19.0 Å². The van der Waals surface area contributed by atoms with Crippen LogP contribution < -0.4 is 0 Å². The zero-order valence-corrected chi connectivity index (χ0v) is 5.13. The van der Waals surface area contributed by atoms with Crippen LogP contribution in [0.2, 0.25) is 0 Å². The molecule has 0 aromatic heterocycles. The third-order valence-corrected chi connectivity index (χ3v) is 1.45. The van der Waals surface area contributed by atoms with Gasteiger partial charge in [-0.05, 0) is 0 Å². The van der Waals surface area contributed by atoms with Crippen molar-refractivity contribution in [1.82, 2.24) is 0 Å². The fourth-order valence-electron chi connectivity index (χ4n) is 0.0842. The molecule has 0 unspecified atom stereocenters. The zero-order valence-electron chi connectivity index (χ0n) is 3.42. The highest BCUT2D eigenvalue weighted by atomic mass is 32.3. The first kappa shape index (κ1) is 8.22. The van der Waals surface area contributed by atoms with Gasteiger partial charge in [0.25, 0.3) is 0 Å². The van der Waals surface area contributed by atoms with Crippen LogP contribution in [0.4, 0.5) is 0 Å². The first-order valence-electron chi connectivity index (χ1n) is 1.27. The molecule has 0 aliphatic carbocycles. The Morgan fingerprint density at radius 1 is 1.38 bits per heavy atom. The summed E-state index contributed by atoms with van der Waals surface area (Å²) in [7, 11) is -7.72. The van der Waals surface area contributed by atoms with E-state index in [2.05, 4.69) is 3.97 Å². The normalized spacial score (nSPS) is 12.5. The second-order valence-electron chi connectivity index (χ2n) is 0.755. The first-order valence-corrected chi connectivity index (χ1v) is 3.80. The van der Waals surface area contributed by atoms with E-state index in [4.69, 9.17) is 14.3 Å². The molecule has 0 aliphatic rings. The van der Waals surface area contributed by atoms with Gasteiger partial charge in [0.1, 0.15) is 0 Å². The highest BCUT2D eigenvalue weighted by Gasteiger charge is 2.10. The van der Waals surface area contributed by atoms with Gasteiger partial charge in [-0.1, -0.05) is 0 Å². The van der Waals surface area contributed by atoms with Crippen LogP contribution in [-0.2, 0) is 14.4 Å². The van der Waals surface area contributed by atoms with E-state index in [-0.39, 0.29) is 0 Å². The predicted molar refractivity (Wildman–Crippen MR) is 24.0 cm³/mol. The van der Waals surface area contributed by atoms with Gasteiger partial charge in [0.2, 0.25) is 0 Å². The Hall–Kier alpha value is 0.220. The van der Waals surface area contributed by atoms with Crippen LogP contribution >= 0.6 is 8.60 Å². The molecule has 0 aliphatic heterocycles. The van der Waals surface area contributed by atoms with Gasteiger partial charge in [-0.2, -0.15) is 12.4 Å². The Bertz CT molecular complexity index is 142. The van der Waals surface area contributed by atoms with Crippen molar-refractivity contribution in [2.45, 2.75) is 0 Å². The molecule has 0 atom stereocenters. The third-order valence-electron chi connectivity index (χ3n) is 0.161. The molecular formula is H3O6PS. The average molecular weight is 162 g/mol. The average Bonchev–Trinajstić information content (AvgIpc) is 1.21. The van der Waals surface area contributed by atoms with E-state index in [0.717, 1.165) is 0 Å². The van der Waals surface area contributed by atoms with E-state index in [0.29, 0.717) is 0 Å². The molecular weight excluding hydrogens is 159 g/mol. The Morgan fingerprint density at radius 2 is 1.75 bits per heavy atom. The third kappa shape index (κ3) is 6.22. The highest BCUT2D eigenvalue weighted by Crippen LogP contribution is 2.26. The second kappa shape index (κ2) is 2.67. The maximum Gasteiger partial charge on any atom is 0.404 e. The summed E-state index contributed by atoms with van der Waals surface area (Å²) in [6, 6.07) is 0. The van der Waals surface area contributed by atoms with Crippen molar-refractivity contribution < 1.29 is 26.7 Å². The minimum Gasteiger partial charge on any atom is -0.327 e. The Balaban J connectivity index is 3.75. The molecule has 0 radical (unpaired) electrons. The molecule has 0 saturated carbocycles. The lowest BCUT2D eigenvalue weighted by Crippen LogP contribution is -1.97. The Morgan fingerprint density at radius 3 is 1.75 bits per heavy atom. The second-order valence-corrected chi connectivity index (χ2v) is 2.71. The van der Waals surface area contributed by atoms with Gasteiger partial charge in [0, 0.05) is 0 Å². The van der Waals surface area contributed by atoms with Gasteiger partial charge in [-0.15, -0.1) is 0 Å². The van der Waals surface area contributed by atoms with E-state index in [1.807, 2.05) is 0 Å². The molecule has 0 spiro atoms. The quantitative estimate of drug-likeness (QED) is 0.356. The highest BCUT2D eigenvalue weighted by molar-refractivity contribution is 7.84. The molecule has 0 rings (SSSR count). The SMILES string of the molecule is O=S(=O)(O)OP(O)O. The number of hydrogen-bond donors (Lipinski definition) is 3. The minimum atomic E-state index is -4.69. The van der Waals surface area contributed by atoms with Gasteiger partial charge in [0.05, 0.1) is 0 Å². The van der Waals surface area contributed by atoms with Crippen LogP contribution in [0, 0.1) is 0 Å². The van der Waals surface area contributed by atoms with Crippen molar-refractivity contribution in [3.05, 3.63) is 0 Å². The summed E-state index contributed by atoms with van der Waals surface area (Å²) in [5.41, 5.74) is 0. The maximum atomic E-state index is 9.47. The van der Waals surface area contributed by atoms with E-state index in [1.54, 1.807) is 0 Å². The Labute approximate surface area is 46.7 Å². The Kier molecular flexibility index (Phi) is 2.75. The molecule has 0 aromatic rings. The van der Waals surface area contributed by atoms with E-state index >= 15 is 0 Å². The monoisotopic (exact) mass is 162 g/mol. The summed E-state index contributed by atoms with van der Waals surface area (Å²) >= 11 is 0. The minimum absolute atomic E-state index is 3.03. The summed E-state index contributed by atoms with van der Waals surface area (Å²) in [6.45, 7) is 0. The van der Waals surface area contributed by atoms with Crippen LogP contribution in [-0.4, -0.2) is 22.8 Å². The lowest BCUT2D eigenvalue weighted by atomic mass is 15.7. The molecule has 6 nitrogen and oxygen atoms in total. The van der Waals surface area contributed by atoms with Crippen LogP contribution in [0.3, 0.4) is 0 Å². The molecule has 0 heterocycles. The first-order chi connectivity index (χ1) is 3.42. The van der Waals surface area contributed by atoms with Gasteiger partial charge in [-0.3, -0.25) is 4.55 Å². The van der Waals surface area contributed by atoms with Crippen molar-refractivity contribution in [3.63, 3.8) is 0 Å². The maximum absolute atomic E-state index is 9.47. The molecule has 0 saturated heterocycles. The lowest BCUT2D eigenvalue weighted by Gasteiger charge is -1.95. The van der Waals surface area contributed by atoms with Gasteiger partial charge < -0.3 is 9.79 Å². The predicted octanol–water partition coefficient (Wildman–Crippen LogP) is -0.983. The molecule has 50 valence electrons. The van der Waals surface area contributed by atoms with Crippen molar-refractivity contribution in [3.8, 4) is 0 Å². The standard InChI is InChI=1S/H3O6PS/c1-7(2)6-8(3,4)5/h1-2H,(H,3,4,5). The van der Waals surface area contributed by atoms with Crippen LogP contribution in [0.1, 0.15) is 0 Å². The largest absolute Gasteiger partial charge is 0.404 e. The van der Waals surface area contributed by atoms with Crippen LogP contribution in [0.15, 0.2) is 0 Å². The van der Waals surface area contributed by atoms with Crippen molar-refractivity contribution in [2.24, 2.45) is 0 Å². The topological polar surface area (TPSA) is 104 Å². The molecule has 8 heavy (non-hydrogen) atoms. The van der Waals surface area contributed by atoms with Crippen molar-refractivity contribution in [2.75, 3.05) is 0 Å². The summed E-state index contributed by atoms with van der Waals surface area (Å²) in [5, 5.41) is 0. The lowest BCUT2D eigenvalue weighted by molar-refractivity contribution is 0.334. The van der Waals surface area contributed by atoms with E-state index in [9.17, 15) is 8.42 Å². The van der Waals surface area contributed by atoms with Crippen molar-refractivity contribution in [1.29, 1.82) is 0 Å².